The van der Waals surface area contributed by atoms with Gasteiger partial charge in [0, 0.05) is 17.7 Å². The number of carbonyl (C=O) groups excluding carboxylic acids is 1. The van der Waals surface area contributed by atoms with Gasteiger partial charge in [0.05, 0.1) is 14.5 Å². The van der Waals surface area contributed by atoms with E-state index in [9.17, 15) is 9.18 Å². The highest BCUT2D eigenvalue weighted by Gasteiger charge is 2.11. The third-order valence-corrected chi connectivity index (χ3v) is 3.74. The second-order valence-electron chi connectivity index (χ2n) is 4.00. The molecule has 0 heterocycles. The van der Waals surface area contributed by atoms with Crippen LogP contribution in [0.15, 0.2) is 34.8 Å². The summed E-state index contributed by atoms with van der Waals surface area (Å²) in [5.74, 6) is -0.0717. The van der Waals surface area contributed by atoms with Crippen LogP contribution in [0, 0.1) is 5.82 Å². The van der Waals surface area contributed by atoms with E-state index in [0.29, 0.717) is 15.8 Å². The van der Waals surface area contributed by atoms with Gasteiger partial charge in [-0.15, -0.1) is 0 Å². The van der Waals surface area contributed by atoms with Crippen molar-refractivity contribution in [3.63, 3.8) is 0 Å². The molecule has 2 aromatic rings. The molecule has 0 atom stereocenters. The second kappa shape index (κ2) is 6.12. The monoisotopic (exact) mass is 376 g/mol. The van der Waals surface area contributed by atoms with E-state index < -0.39 is 5.82 Å². The van der Waals surface area contributed by atoms with E-state index in [1.807, 2.05) is 0 Å². The summed E-state index contributed by atoms with van der Waals surface area (Å²) in [6.07, 6.45) is 0. The Labute approximate surface area is 133 Å². The van der Waals surface area contributed by atoms with Crippen molar-refractivity contribution >= 4 is 44.9 Å². The average Bonchev–Trinajstić information content (AvgIpc) is 2.35. The number of rotatable bonds is 3. The maximum atomic E-state index is 13.4. The lowest BCUT2D eigenvalue weighted by atomic mass is 10.1. The number of ketones is 1. The Balaban J connectivity index is 2.33. The summed E-state index contributed by atoms with van der Waals surface area (Å²) in [6.45, 7) is 1.42. The van der Waals surface area contributed by atoms with Gasteiger partial charge in [-0.25, -0.2) is 4.39 Å². The van der Waals surface area contributed by atoms with Gasteiger partial charge in [-0.05, 0) is 41.1 Å². The zero-order chi connectivity index (χ0) is 14.9. The largest absolute Gasteiger partial charge is 0.456 e. The first-order chi connectivity index (χ1) is 9.38. The highest BCUT2D eigenvalue weighted by atomic mass is 79.9. The standard InChI is InChI=1S/C14H8BrCl2FO2/c1-7(19)9-3-2-8(4-11(9)16)20-14-6-13(18)12(17)5-10(14)15/h2-6H,1H3. The summed E-state index contributed by atoms with van der Waals surface area (Å²) < 4.78 is 19.4. The Morgan fingerprint density at radius 1 is 1.20 bits per heavy atom. The summed E-state index contributed by atoms with van der Waals surface area (Å²) in [4.78, 5) is 11.3. The minimum atomic E-state index is -0.587. The van der Waals surface area contributed by atoms with E-state index in [4.69, 9.17) is 27.9 Å². The molecule has 0 unspecified atom stereocenters. The summed E-state index contributed by atoms with van der Waals surface area (Å²) >= 11 is 14.9. The zero-order valence-electron chi connectivity index (χ0n) is 10.2. The molecular weight excluding hydrogens is 370 g/mol. The van der Waals surface area contributed by atoms with Gasteiger partial charge >= 0.3 is 0 Å². The lowest BCUT2D eigenvalue weighted by Crippen LogP contribution is -1.94. The first-order valence-electron chi connectivity index (χ1n) is 5.51. The lowest BCUT2D eigenvalue weighted by Gasteiger charge is -2.10. The minimum absolute atomic E-state index is 0.00538. The number of hydrogen-bond acceptors (Lipinski definition) is 2. The van der Waals surface area contributed by atoms with Crippen molar-refractivity contribution in [2.24, 2.45) is 0 Å². The Bertz CT molecular complexity index is 689. The van der Waals surface area contributed by atoms with Gasteiger partial charge in [0.15, 0.2) is 5.78 Å². The molecule has 20 heavy (non-hydrogen) atoms. The molecule has 0 radical (unpaired) electrons. The summed E-state index contributed by atoms with van der Waals surface area (Å²) in [7, 11) is 0. The van der Waals surface area contributed by atoms with Crippen molar-refractivity contribution in [2.75, 3.05) is 0 Å². The number of carbonyl (C=O) groups is 1. The van der Waals surface area contributed by atoms with Crippen molar-refractivity contribution < 1.29 is 13.9 Å². The van der Waals surface area contributed by atoms with Crippen molar-refractivity contribution in [1.29, 1.82) is 0 Å². The fourth-order valence-corrected chi connectivity index (χ4v) is 2.58. The topological polar surface area (TPSA) is 26.3 Å². The van der Waals surface area contributed by atoms with Crippen LogP contribution in [0.3, 0.4) is 0 Å². The van der Waals surface area contributed by atoms with Crippen LogP contribution in [0.1, 0.15) is 17.3 Å². The molecular formula is C14H8BrCl2FO2. The van der Waals surface area contributed by atoms with Gasteiger partial charge in [-0.2, -0.15) is 0 Å². The van der Waals surface area contributed by atoms with Crippen molar-refractivity contribution in [3.8, 4) is 11.5 Å². The molecule has 2 rings (SSSR count). The highest BCUT2D eigenvalue weighted by Crippen LogP contribution is 2.35. The van der Waals surface area contributed by atoms with Crippen LogP contribution in [0.2, 0.25) is 10.0 Å². The molecule has 6 heteroatoms. The molecule has 0 aliphatic carbocycles. The van der Waals surface area contributed by atoms with E-state index in [1.165, 1.54) is 25.1 Å². The normalized spacial score (nSPS) is 10.4. The molecule has 0 spiro atoms. The van der Waals surface area contributed by atoms with Gasteiger partial charge in [0.2, 0.25) is 0 Å². The van der Waals surface area contributed by atoms with Gasteiger partial charge in [0.1, 0.15) is 17.3 Å². The van der Waals surface area contributed by atoms with Crippen LogP contribution in [0.25, 0.3) is 0 Å². The molecule has 0 aromatic heterocycles. The van der Waals surface area contributed by atoms with Gasteiger partial charge in [0.25, 0.3) is 0 Å². The molecule has 2 aromatic carbocycles. The SMILES string of the molecule is CC(=O)c1ccc(Oc2cc(F)c(Cl)cc2Br)cc1Cl. The van der Waals surface area contributed by atoms with Crippen molar-refractivity contribution in [3.05, 3.63) is 56.2 Å². The number of halogens is 4. The Hall–Kier alpha value is -1.10. The predicted molar refractivity (Wildman–Crippen MR) is 80.6 cm³/mol. The van der Waals surface area contributed by atoms with Crippen molar-refractivity contribution in [1.82, 2.24) is 0 Å². The average molecular weight is 378 g/mol. The maximum Gasteiger partial charge on any atom is 0.161 e. The minimum Gasteiger partial charge on any atom is -0.456 e. The van der Waals surface area contributed by atoms with Crippen molar-refractivity contribution in [2.45, 2.75) is 6.92 Å². The molecule has 104 valence electrons. The molecule has 0 amide bonds. The molecule has 0 bridgehead atoms. The van der Waals surface area contributed by atoms with E-state index in [-0.39, 0.29) is 21.6 Å². The van der Waals surface area contributed by atoms with Crippen LogP contribution in [-0.4, -0.2) is 5.78 Å². The maximum absolute atomic E-state index is 13.4. The van der Waals surface area contributed by atoms with E-state index in [2.05, 4.69) is 15.9 Å². The quantitative estimate of drug-likeness (QED) is 0.492. The van der Waals surface area contributed by atoms with Crippen LogP contribution in [0.5, 0.6) is 11.5 Å². The number of Topliss-reactive ketones (excluding diaryl/α,β-unsaturated/α-hetero) is 1. The number of hydrogen-bond donors (Lipinski definition) is 0. The third kappa shape index (κ3) is 3.32. The van der Waals surface area contributed by atoms with E-state index in [0.717, 1.165) is 0 Å². The fraction of sp³-hybridized carbons (Fsp3) is 0.0714. The zero-order valence-corrected chi connectivity index (χ0v) is 13.3. The Morgan fingerprint density at radius 3 is 2.50 bits per heavy atom. The lowest BCUT2D eigenvalue weighted by molar-refractivity contribution is 0.101. The fourth-order valence-electron chi connectivity index (χ4n) is 1.55. The Morgan fingerprint density at radius 2 is 1.90 bits per heavy atom. The highest BCUT2D eigenvalue weighted by molar-refractivity contribution is 9.10. The number of ether oxygens (including phenoxy) is 1. The first-order valence-corrected chi connectivity index (χ1v) is 7.06. The molecule has 0 saturated carbocycles. The van der Waals surface area contributed by atoms with Gasteiger partial charge in [-0.3, -0.25) is 4.79 Å². The van der Waals surface area contributed by atoms with Crippen LogP contribution in [0.4, 0.5) is 4.39 Å². The smallest absolute Gasteiger partial charge is 0.161 e. The molecule has 0 N–H and O–H groups in total. The third-order valence-electron chi connectivity index (χ3n) is 2.52. The van der Waals surface area contributed by atoms with Gasteiger partial charge < -0.3 is 4.74 Å². The number of benzene rings is 2. The first kappa shape index (κ1) is 15.3. The van der Waals surface area contributed by atoms with E-state index in [1.54, 1.807) is 12.1 Å². The second-order valence-corrected chi connectivity index (χ2v) is 5.67. The summed E-state index contributed by atoms with van der Waals surface area (Å²) in [5.41, 5.74) is 0.403. The van der Waals surface area contributed by atoms with Crippen LogP contribution < -0.4 is 4.74 Å². The molecule has 0 aliphatic rings. The molecule has 2 nitrogen and oxygen atoms in total. The van der Waals surface area contributed by atoms with Gasteiger partial charge in [-0.1, -0.05) is 23.2 Å². The predicted octanol–water partition coefficient (Wildman–Crippen LogP) is 5.89. The molecule has 0 saturated heterocycles. The Kier molecular flexibility index (Phi) is 4.68. The van der Waals surface area contributed by atoms with Crippen LogP contribution in [-0.2, 0) is 0 Å². The summed E-state index contributed by atoms with van der Waals surface area (Å²) in [6, 6.07) is 7.20. The van der Waals surface area contributed by atoms with Crippen LogP contribution >= 0.6 is 39.1 Å². The summed E-state index contributed by atoms with van der Waals surface area (Å²) in [5, 5.41) is 0.273. The molecule has 0 aliphatic heterocycles. The molecule has 0 fully saturated rings. The van der Waals surface area contributed by atoms with E-state index >= 15 is 0 Å².